The third-order valence-electron chi connectivity index (χ3n) is 4.85. The van der Waals surface area contributed by atoms with Crippen LogP contribution in [0.15, 0.2) is 36.4 Å². The number of carbonyl (C=O) groups excluding carboxylic acids is 2. The Morgan fingerprint density at radius 2 is 1.90 bits per heavy atom. The Morgan fingerprint density at radius 1 is 1.26 bits per heavy atom. The Morgan fingerprint density at radius 3 is 2.52 bits per heavy atom. The second-order valence-electron chi connectivity index (χ2n) is 8.59. The van der Waals surface area contributed by atoms with Gasteiger partial charge in [0.25, 0.3) is 5.91 Å². The van der Waals surface area contributed by atoms with E-state index in [0.29, 0.717) is 11.4 Å². The molecule has 0 spiro atoms. The fourth-order valence-corrected chi connectivity index (χ4v) is 3.06. The Labute approximate surface area is 182 Å². The average molecular weight is 437 g/mol. The van der Waals surface area contributed by atoms with E-state index in [1.54, 1.807) is 37.4 Å². The highest BCUT2D eigenvalue weighted by Crippen LogP contribution is 2.31. The van der Waals surface area contributed by atoms with Gasteiger partial charge in [0, 0.05) is 14.2 Å². The van der Waals surface area contributed by atoms with Crippen LogP contribution in [-0.4, -0.2) is 71.9 Å². The van der Waals surface area contributed by atoms with Crippen LogP contribution >= 0.6 is 0 Å². The lowest BCUT2D eigenvalue weighted by molar-refractivity contribution is -0.151. The quantitative estimate of drug-likeness (QED) is 0.460. The first kappa shape index (κ1) is 24.8. The number of nitrogens with zero attached hydrogens (tertiary/aromatic N) is 1. The number of fused-ring (bicyclic) bond motifs is 1. The van der Waals surface area contributed by atoms with Crippen molar-refractivity contribution in [3.05, 3.63) is 36.4 Å². The molecule has 172 valence electrons. The maximum absolute atomic E-state index is 12.7. The number of aliphatic hydroxyl groups excluding tert-OH is 3. The highest BCUT2D eigenvalue weighted by Gasteiger charge is 2.37. The summed E-state index contributed by atoms with van der Waals surface area (Å²) in [6.45, 7) is 5.73. The number of nitrogens with one attached hydrogen (secondary N) is 1. The predicted molar refractivity (Wildman–Crippen MR) is 114 cm³/mol. The first-order valence-corrected chi connectivity index (χ1v) is 10.0. The minimum Gasteiger partial charge on any atom is -0.468 e. The Balaban J connectivity index is 2.10. The molecule has 0 unspecified atom stereocenters. The molecule has 9 nitrogen and oxygen atoms in total. The number of hydrogen-bond acceptors (Lipinski definition) is 7. The van der Waals surface area contributed by atoms with E-state index < -0.39 is 36.6 Å². The number of anilines is 1. The minimum absolute atomic E-state index is 0.136. The van der Waals surface area contributed by atoms with E-state index in [1.165, 1.54) is 18.1 Å². The van der Waals surface area contributed by atoms with E-state index in [-0.39, 0.29) is 17.7 Å². The van der Waals surface area contributed by atoms with E-state index in [0.717, 1.165) is 0 Å². The summed E-state index contributed by atoms with van der Waals surface area (Å²) in [5.41, 5.74) is 0.327. The third kappa shape index (κ3) is 6.51. The summed E-state index contributed by atoms with van der Waals surface area (Å²) < 4.78 is 10.8. The molecular weight excluding hydrogens is 404 g/mol. The summed E-state index contributed by atoms with van der Waals surface area (Å²) in [6.07, 6.45) is -4.38. The second-order valence-corrected chi connectivity index (χ2v) is 8.59. The van der Waals surface area contributed by atoms with Crippen molar-refractivity contribution in [3.63, 3.8) is 0 Å². The van der Waals surface area contributed by atoms with Crippen LogP contribution in [0, 0.1) is 5.41 Å². The van der Waals surface area contributed by atoms with E-state index >= 15 is 0 Å². The van der Waals surface area contributed by atoms with E-state index in [9.17, 15) is 24.9 Å². The minimum atomic E-state index is -1.72. The van der Waals surface area contributed by atoms with Crippen molar-refractivity contribution in [3.8, 4) is 5.75 Å². The number of carbonyl (C=O) groups is 2. The van der Waals surface area contributed by atoms with Gasteiger partial charge in [-0.3, -0.25) is 9.59 Å². The van der Waals surface area contributed by atoms with Gasteiger partial charge in [0.2, 0.25) is 5.91 Å². The molecule has 0 saturated heterocycles. The van der Waals surface area contributed by atoms with Gasteiger partial charge in [0.05, 0.1) is 12.1 Å². The van der Waals surface area contributed by atoms with Crippen molar-refractivity contribution in [1.82, 2.24) is 5.32 Å². The van der Waals surface area contributed by atoms with Gasteiger partial charge in [-0.25, -0.2) is 0 Å². The topological polar surface area (TPSA) is 129 Å². The molecule has 1 aliphatic heterocycles. The zero-order valence-corrected chi connectivity index (χ0v) is 18.5. The molecule has 0 saturated carbocycles. The van der Waals surface area contributed by atoms with Crippen LogP contribution in [0.4, 0.5) is 5.69 Å². The van der Waals surface area contributed by atoms with Crippen molar-refractivity contribution in [2.75, 3.05) is 19.1 Å². The van der Waals surface area contributed by atoms with Gasteiger partial charge in [-0.1, -0.05) is 45.1 Å². The zero-order chi connectivity index (χ0) is 23.3. The number of methoxy groups -OCH3 is 1. The molecule has 2 amide bonds. The first-order chi connectivity index (χ1) is 14.4. The number of para-hydroxylation sites is 2. The number of rotatable bonds is 7. The fourth-order valence-electron chi connectivity index (χ4n) is 3.06. The molecule has 0 radical (unpaired) electrons. The lowest BCUT2D eigenvalue weighted by atomic mass is 9.94. The molecule has 0 aromatic heterocycles. The smallest absolute Gasteiger partial charge is 0.254 e. The van der Waals surface area contributed by atoms with Gasteiger partial charge in [-0.2, -0.15) is 0 Å². The molecule has 31 heavy (non-hydrogen) atoms. The van der Waals surface area contributed by atoms with E-state index in [2.05, 4.69) is 5.32 Å². The van der Waals surface area contributed by atoms with Crippen LogP contribution in [0.25, 0.3) is 0 Å². The number of amides is 2. The standard InChI is InChI=1S/C22H32N2O7/c1-22(2,3)11-10-14(25)18(27)19(28)20(30-5)21(29)23-16-12-17(26)24(4)13-8-6-7-9-15(13)31-16/h6-11,14,16,18-20,25,27-28H,12H2,1-5H3,(H,23,29)/b11-10+/t14-,16+,18+,19-,20-/m1/s1. The monoisotopic (exact) mass is 436 g/mol. The van der Waals surface area contributed by atoms with Gasteiger partial charge in [0.15, 0.2) is 12.3 Å². The molecule has 1 aromatic carbocycles. The summed E-state index contributed by atoms with van der Waals surface area (Å²) in [4.78, 5) is 26.6. The molecule has 0 bridgehead atoms. The van der Waals surface area contributed by atoms with Crippen molar-refractivity contribution in [2.24, 2.45) is 5.41 Å². The van der Waals surface area contributed by atoms with E-state index in [4.69, 9.17) is 9.47 Å². The van der Waals surface area contributed by atoms with Gasteiger partial charge < -0.3 is 35.0 Å². The van der Waals surface area contributed by atoms with E-state index in [1.807, 2.05) is 20.8 Å². The number of aliphatic hydroxyl groups is 3. The molecule has 0 aliphatic carbocycles. The molecular formula is C22H32N2O7. The number of benzene rings is 1. The maximum atomic E-state index is 12.7. The van der Waals surface area contributed by atoms with Crippen LogP contribution in [0.3, 0.4) is 0 Å². The Hall–Kier alpha value is -2.46. The molecule has 2 rings (SSSR count). The first-order valence-electron chi connectivity index (χ1n) is 10.0. The van der Waals surface area contributed by atoms with Crippen LogP contribution in [-0.2, 0) is 14.3 Å². The van der Waals surface area contributed by atoms with Crippen LogP contribution in [0.1, 0.15) is 27.2 Å². The summed E-state index contributed by atoms with van der Waals surface area (Å²) >= 11 is 0. The van der Waals surface area contributed by atoms with Crippen molar-refractivity contribution in [1.29, 1.82) is 0 Å². The molecule has 9 heteroatoms. The largest absolute Gasteiger partial charge is 0.468 e. The SMILES string of the molecule is CO[C@@H](C(=O)N[C@@H]1CC(=O)N(C)c2ccccc2O1)[C@H](O)[C@@H](O)[C@H](O)/C=C/C(C)(C)C. The third-order valence-corrected chi connectivity index (χ3v) is 4.85. The molecule has 5 atom stereocenters. The molecule has 1 heterocycles. The van der Waals surface area contributed by atoms with Gasteiger partial charge >= 0.3 is 0 Å². The normalized spacial score (nSPS) is 21.0. The fraction of sp³-hybridized carbons (Fsp3) is 0.545. The van der Waals surface area contributed by atoms with Gasteiger partial charge in [0.1, 0.15) is 24.1 Å². The predicted octanol–water partition coefficient (Wildman–Crippen LogP) is 0.574. The Kier molecular flexibility index (Phi) is 8.19. The zero-order valence-electron chi connectivity index (χ0n) is 18.5. The highest BCUT2D eigenvalue weighted by molar-refractivity contribution is 5.95. The number of allylic oxidation sites excluding steroid dienone is 1. The maximum Gasteiger partial charge on any atom is 0.254 e. The lowest BCUT2D eigenvalue weighted by Gasteiger charge is -2.28. The molecule has 0 fully saturated rings. The Bertz CT molecular complexity index is 805. The van der Waals surface area contributed by atoms with Crippen LogP contribution < -0.4 is 15.0 Å². The summed E-state index contributed by atoms with van der Waals surface area (Å²) in [7, 11) is 2.80. The van der Waals surface area contributed by atoms with Crippen molar-refractivity contribution in [2.45, 2.75) is 57.8 Å². The molecule has 1 aromatic rings. The van der Waals surface area contributed by atoms with Gasteiger partial charge in [-0.05, 0) is 17.5 Å². The molecule has 4 N–H and O–H groups in total. The second kappa shape index (κ2) is 10.2. The van der Waals surface area contributed by atoms with Crippen LogP contribution in [0.5, 0.6) is 5.75 Å². The van der Waals surface area contributed by atoms with Crippen LogP contribution in [0.2, 0.25) is 0 Å². The lowest BCUT2D eigenvalue weighted by Crippen LogP contribution is -2.54. The van der Waals surface area contributed by atoms with Crippen molar-refractivity contribution >= 4 is 17.5 Å². The summed E-state index contributed by atoms with van der Waals surface area (Å²) in [5, 5.41) is 33.4. The van der Waals surface area contributed by atoms with Gasteiger partial charge in [-0.15, -0.1) is 0 Å². The number of ether oxygens (including phenoxy) is 2. The van der Waals surface area contributed by atoms with Crippen molar-refractivity contribution < 1.29 is 34.4 Å². The average Bonchev–Trinajstić information content (AvgIpc) is 2.81. The highest BCUT2D eigenvalue weighted by atomic mass is 16.5. The molecule has 1 aliphatic rings. The number of hydrogen-bond donors (Lipinski definition) is 4. The summed E-state index contributed by atoms with van der Waals surface area (Å²) in [5.74, 6) is -0.646. The summed E-state index contributed by atoms with van der Waals surface area (Å²) in [6, 6.07) is 6.91.